The van der Waals surface area contributed by atoms with Gasteiger partial charge in [-0.05, 0) is 32.9 Å². The van der Waals surface area contributed by atoms with Crippen LogP contribution in [0.2, 0.25) is 5.02 Å². The van der Waals surface area contributed by atoms with E-state index >= 15 is 0 Å². The van der Waals surface area contributed by atoms with Gasteiger partial charge in [-0.1, -0.05) is 11.6 Å². The monoisotopic (exact) mass is 309 g/mol. The minimum Gasteiger partial charge on any atom is -0.467 e. The fourth-order valence-corrected chi connectivity index (χ4v) is 1.67. The van der Waals surface area contributed by atoms with Crippen molar-refractivity contribution in [1.29, 1.82) is 0 Å². The van der Waals surface area contributed by atoms with E-state index in [1.165, 1.54) is 6.20 Å². The maximum absolute atomic E-state index is 12.0. The van der Waals surface area contributed by atoms with Crippen LogP contribution in [0.25, 0.3) is 0 Å². The van der Waals surface area contributed by atoms with E-state index in [1.807, 2.05) is 6.07 Å². The van der Waals surface area contributed by atoms with Gasteiger partial charge in [0, 0.05) is 0 Å². The molecular formula is C14H16ClN3O3. The lowest BCUT2D eigenvalue weighted by molar-refractivity contribution is 0.00630. The van der Waals surface area contributed by atoms with Crippen molar-refractivity contribution in [2.45, 2.75) is 32.9 Å². The van der Waals surface area contributed by atoms with Crippen LogP contribution in [-0.4, -0.2) is 21.5 Å². The van der Waals surface area contributed by atoms with Crippen LogP contribution in [0.3, 0.4) is 0 Å². The molecule has 2 heterocycles. The summed E-state index contributed by atoms with van der Waals surface area (Å²) in [6, 6.07) is 3.60. The van der Waals surface area contributed by atoms with Gasteiger partial charge in [0.15, 0.2) is 5.69 Å². The summed E-state index contributed by atoms with van der Waals surface area (Å²) in [4.78, 5) is 20.1. The number of aromatic nitrogens is 2. The van der Waals surface area contributed by atoms with E-state index in [9.17, 15) is 4.79 Å². The minimum atomic E-state index is -0.618. The molecule has 0 bridgehead atoms. The van der Waals surface area contributed by atoms with E-state index in [0.717, 1.165) is 5.76 Å². The smallest absolute Gasteiger partial charge is 0.359 e. The molecule has 7 heteroatoms. The first-order valence-electron chi connectivity index (χ1n) is 6.37. The fourth-order valence-electron chi connectivity index (χ4n) is 1.50. The Morgan fingerprint density at radius 1 is 1.48 bits per heavy atom. The van der Waals surface area contributed by atoms with Crippen LogP contribution >= 0.6 is 11.6 Å². The van der Waals surface area contributed by atoms with Gasteiger partial charge in [0.1, 0.15) is 11.4 Å². The standard InChI is InChI=1S/C14H16ClN3O3/c1-14(2,3)21-12(19)11-10(15)8-17-13(18-11)16-7-9-5-4-6-20-9/h4-6,8H,7H2,1-3H3,(H,16,17,18). The summed E-state index contributed by atoms with van der Waals surface area (Å²) in [5.41, 5.74) is -0.587. The molecule has 0 unspecified atom stereocenters. The molecule has 6 nitrogen and oxygen atoms in total. The molecule has 0 aliphatic carbocycles. The van der Waals surface area contributed by atoms with Gasteiger partial charge in [-0.15, -0.1) is 0 Å². The second-order valence-corrected chi connectivity index (χ2v) is 5.73. The molecule has 0 aliphatic rings. The number of carbonyl (C=O) groups is 1. The van der Waals surface area contributed by atoms with Crippen molar-refractivity contribution in [1.82, 2.24) is 9.97 Å². The number of nitrogens with one attached hydrogen (secondary N) is 1. The zero-order valence-corrected chi connectivity index (χ0v) is 12.8. The highest BCUT2D eigenvalue weighted by atomic mass is 35.5. The highest BCUT2D eigenvalue weighted by molar-refractivity contribution is 6.33. The Kier molecular flexibility index (Phi) is 4.47. The Morgan fingerprint density at radius 3 is 2.86 bits per heavy atom. The summed E-state index contributed by atoms with van der Waals surface area (Å²) in [5, 5.41) is 3.10. The van der Waals surface area contributed by atoms with Crippen molar-refractivity contribution in [2.24, 2.45) is 0 Å². The number of nitrogens with zero attached hydrogens (tertiary/aromatic N) is 2. The van der Waals surface area contributed by atoms with Crippen LogP contribution in [0.1, 0.15) is 37.0 Å². The van der Waals surface area contributed by atoms with Gasteiger partial charge in [0.25, 0.3) is 0 Å². The first-order chi connectivity index (χ1) is 9.85. The summed E-state index contributed by atoms with van der Waals surface area (Å²) in [6.07, 6.45) is 2.93. The second kappa shape index (κ2) is 6.13. The number of ether oxygens (including phenoxy) is 1. The van der Waals surface area contributed by atoms with Gasteiger partial charge in [-0.2, -0.15) is 0 Å². The number of hydrogen-bond donors (Lipinski definition) is 1. The third-order valence-corrected chi connectivity index (χ3v) is 2.61. The van der Waals surface area contributed by atoms with Crippen LogP contribution in [0.4, 0.5) is 5.95 Å². The molecule has 0 aliphatic heterocycles. The van der Waals surface area contributed by atoms with Crippen molar-refractivity contribution >= 4 is 23.5 Å². The zero-order valence-electron chi connectivity index (χ0n) is 12.0. The Balaban J connectivity index is 2.11. The molecule has 0 spiro atoms. The molecule has 0 saturated heterocycles. The lowest BCUT2D eigenvalue weighted by atomic mass is 10.2. The van der Waals surface area contributed by atoms with Crippen molar-refractivity contribution in [2.75, 3.05) is 5.32 Å². The first kappa shape index (κ1) is 15.3. The molecule has 0 aromatic carbocycles. The predicted molar refractivity (Wildman–Crippen MR) is 78.2 cm³/mol. The fraction of sp³-hybridized carbons (Fsp3) is 0.357. The van der Waals surface area contributed by atoms with Crippen LogP contribution in [0.15, 0.2) is 29.0 Å². The molecule has 0 atom stereocenters. The average molecular weight is 310 g/mol. The quantitative estimate of drug-likeness (QED) is 0.873. The van der Waals surface area contributed by atoms with Gasteiger partial charge in [-0.3, -0.25) is 0 Å². The Bertz CT molecular complexity index is 621. The highest BCUT2D eigenvalue weighted by Crippen LogP contribution is 2.18. The Hall–Kier alpha value is -2.08. The Labute approximate surface area is 127 Å². The molecule has 0 saturated carbocycles. The summed E-state index contributed by atoms with van der Waals surface area (Å²) in [5.74, 6) is 0.417. The van der Waals surface area contributed by atoms with E-state index in [-0.39, 0.29) is 16.7 Å². The largest absolute Gasteiger partial charge is 0.467 e. The van der Waals surface area contributed by atoms with Crippen molar-refractivity contribution in [3.05, 3.63) is 41.1 Å². The topological polar surface area (TPSA) is 77.2 Å². The van der Waals surface area contributed by atoms with Gasteiger partial charge in [0.05, 0.1) is 24.0 Å². The molecule has 2 aromatic heterocycles. The van der Waals surface area contributed by atoms with E-state index < -0.39 is 11.6 Å². The van der Waals surface area contributed by atoms with Gasteiger partial charge in [0.2, 0.25) is 5.95 Å². The zero-order chi connectivity index (χ0) is 15.5. The summed E-state index contributed by atoms with van der Waals surface area (Å²) in [7, 11) is 0. The van der Waals surface area contributed by atoms with Gasteiger partial charge < -0.3 is 14.5 Å². The van der Waals surface area contributed by atoms with E-state index in [4.69, 9.17) is 20.8 Å². The van der Waals surface area contributed by atoms with E-state index in [0.29, 0.717) is 6.54 Å². The molecule has 21 heavy (non-hydrogen) atoms. The minimum absolute atomic E-state index is 0.0311. The van der Waals surface area contributed by atoms with E-state index in [2.05, 4.69) is 15.3 Å². The van der Waals surface area contributed by atoms with Crippen molar-refractivity contribution < 1.29 is 13.9 Å². The molecular weight excluding hydrogens is 294 g/mol. The summed E-state index contributed by atoms with van der Waals surface area (Å²) < 4.78 is 10.4. The third-order valence-electron chi connectivity index (χ3n) is 2.34. The molecule has 0 fully saturated rings. The lowest BCUT2D eigenvalue weighted by Crippen LogP contribution is -2.25. The molecule has 2 rings (SSSR count). The summed E-state index contributed by atoms with van der Waals surface area (Å²) >= 11 is 5.95. The average Bonchev–Trinajstić information content (AvgIpc) is 2.88. The maximum atomic E-state index is 12.0. The molecule has 0 radical (unpaired) electrons. The highest BCUT2D eigenvalue weighted by Gasteiger charge is 2.22. The van der Waals surface area contributed by atoms with Crippen LogP contribution < -0.4 is 5.32 Å². The van der Waals surface area contributed by atoms with Crippen LogP contribution in [0.5, 0.6) is 0 Å². The number of anilines is 1. The number of rotatable bonds is 4. The van der Waals surface area contributed by atoms with E-state index in [1.54, 1.807) is 33.1 Å². The second-order valence-electron chi connectivity index (χ2n) is 5.32. The van der Waals surface area contributed by atoms with Gasteiger partial charge in [-0.25, -0.2) is 14.8 Å². The van der Waals surface area contributed by atoms with Crippen LogP contribution in [0, 0.1) is 0 Å². The van der Waals surface area contributed by atoms with Gasteiger partial charge >= 0.3 is 5.97 Å². The van der Waals surface area contributed by atoms with Crippen molar-refractivity contribution in [3.8, 4) is 0 Å². The third kappa shape index (κ3) is 4.46. The first-order valence-corrected chi connectivity index (χ1v) is 6.75. The SMILES string of the molecule is CC(C)(C)OC(=O)c1nc(NCc2ccco2)ncc1Cl. The lowest BCUT2D eigenvalue weighted by Gasteiger charge is -2.19. The predicted octanol–water partition coefficient (Wildman–Crippen LogP) is 3.29. The van der Waals surface area contributed by atoms with Crippen molar-refractivity contribution in [3.63, 3.8) is 0 Å². The Morgan fingerprint density at radius 2 is 2.24 bits per heavy atom. The number of halogens is 1. The normalized spacial score (nSPS) is 11.2. The number of furan rings is 1. The number of esters is 1. The van der Waals surface area contributed by atoms with Crippen LogP contribution in [-0.2, 0) is 11.3 Å². The molecule has 0 amide bonds. The number of hydrogen-bond acceptors (Lipinski definition) is 6. The molecule has 2 aromatic rings. The molecule has 1 N–H and O–H groups in total. The maximum Gasteiger partial charge on any atom is 0.359 e. The molecule has 112 valence electrons. The summed E-state index contributed by atoms with van der Waals surface area (Å²) in [6.45, 7) is 5.73. The number of carbonyl (C=O) groups excluding carboxylic acids is 1.